The summed E-state index contributed by atoms with van der Waals surface area (Å²) < 4.78 is 29.5. The highest BCUT2D eigenvalue weighted by molar-refractivity contribution is 5.95. The van der Waals surface area contributed by atoms with Gasteiger partial charge >= 0.3 is 5.97 Å². The second-order valence-electron chi connectivity index (χ2n) is 8.17. The van der Waals surface area contributed by atoms with E-state index >= 15 is 0 Å². The van der Waals surface area contributed by atoms with Crippen LogP contribution in [0.1, 0.15) is 29.8 Å². The highest BCUT2D eigenvalue weighted by atomic mass is 19.1. The molecule has 6 nitrogen and oxygen atoms in total. The first-order chi connectivity index (χ1) is 14.7. The van der Waals surface area contributed by atoms with E-state index in [4.69, 9.17) is 0 Å². The van der Waals surface area contributed by atoms with Gasteiger partial charge in [-0.05, 0) is 50.6 Å². The number of nitrogens with one attached hydrogen (secondary N) is 1. The lowest BCUT2D eigenvalue weighted by atomic mass is 10.0. The Morgan fingerprint density at radius 2 is 1.81 bits per heavy atom. The van der Waals surface area contributed by atoms with E-state index in [1.54, 1.807) is 13.0 Å². The van der Waals surface area contributed by atoms with Gasteiger partial charge in [0.25, 0.3) is 0 Å². The number of anilines is 1. The molecular weight excluding hydrogens is 404 g/mol. The van der Waals surface area contributed by atoms with Gasteiger partial charge in [-0.25, -0.2) is 13.6 Å². The van der Waals surface area contributed by atoms with E-state index in [-0.39, 0.29) is 23.2 Å². The number of hydrogen-bond donors (Lipinski definition) is 2. The summed E-state index contributed by atoms with van der Waals surface area (Å²) in [6.45, 7) is 7.40. The molecule has 1 aromatic heterocycles. The third-order valence-corrected chi connectivity index (χ3v) is 5.61. The summed E-state index contributed by atoms with van der Waals surface area (Å²) in [7, 11) is 0. The molecule has 0 bridgehead atoms. The third kappa shape index (κ3) is 3.79. The summed E-state index contributed by atoms with van der Waals surface area (Å²) in [4.78, 5) is 26.8. The molecule has 0 amide bonds. The molecule has 162 valence electrons. The van der Waals surface area contributed by atoms with Gasteiger partial charge in [-0.1, -0.05) is 0 Å². The van der Waals surface area contributed by atoms with Crippen LogP contribution in [0, 0.1) is 18.6 Å². The van der Waals surface area contributed by atoms with Crippen molar-refractivity contribution in [3.63, 3.8) is 0 Å². The molecule has 1 fully saturated rings. The number of benzene rings is 2. The lowest BCUT2D eigenvalue weighted by Gasteiger charge is -2.38. The predicted octanol–water partition coefficient (Wildman–Crippen LogP) is 3.46. The van der Waals surface area contributed by atoms with Crippen molar-refractivity contribution in [1.29, 1.82) is 0 Å². The standard InChI is InChI=1S/C23H23F2N3O3/c1-12-6-16(27-9-13(2)26-14(3)10-27)8-20-21(12)22(29)17(23(30)31)11-28(20)19-5-4-15(24)7-18(19)25/h4-8,11,13-14,26H,9-10H2,1-3H3,(H,30,31). The van der Waals surface area contributed by atoms with Gasteiger partial charge in [0.05, 0.1) is 11.2 Å². The molecule has 3 aromatic rings. The van der Waals surface area contributed by atoms with Crippen LogP contribution in [-0.2, 0) is 0 Å². The van der Waals surface area contributed by atoms with Crippen LogP contribution in [0.2, 0.25) is 0 Å². The third-order valence-electron chi connectivity index (χ3n) is 5.61. The van der Waals surface area contributed by atoms with Crippen molar-refractivity contribution in [1.82, 2.24) is 9.88 Å². The Kier molecular flexibility index (Phi) is 5.26. The number of carboxylic acid groups (broad SMARTS) is 1. The van der Waals surface area contributed by atoms with Crippen LogP contribution >= 0.6 is 0 Å². The highest BCUT2D eigenvalue weighted by Gasteiger charge is 2.24. The van der Waals surface area contributed by atoms with Gasteiger partial charge in [-0.15, -0.1) is 0 Å². The van der Waals surface area contributed by atoms with Gasteiger partial charge in [0, 0.05) is 48.5 Å². The SMILES string of the molecule is Cc1cc(N2CC(C)NC(C)C2)cc2c1c(=O)c(C(=O)O)cn2-c1ccc(F)cc1F. The zero-order valence-corrected chi connectivity index (χ0v) is 17.4. The molecular formula is C23H23F2N3O3. The molecule has 1 aliphatic heterocycles. The first kappa shape index (κ1) is 21.0. The maximum atomic E-state index is 14.7. The highest BCUT2D eigenvalue weighted by Crippen LogP contribution is 2.29. The number of halogens is 2. The summed E-state index contributed by atoms with van der Waals surface area (Å²) in [6.07, 6.45) is 1.11. The van der Waals surface area contributed by atoms with Crippen molar-refractivity contribution < 1.29 is 18.7 Å². The minimum absolute atomic E-state index is 0.0347. The Morgan fingerprint density at radius 1 is 1.13 bits per heavy atom. The Labute approximate surface area is 177 Å². The zero-order chi connectivity index (χ0) is 22.4. The average molecular weight is 427 g/mol. The molecule has 0 spiro atoms. The summed E-state index contributed by atoms with van der Waals surface area (Å²) in [5.41, 5.74) is 0.672. The molecule has 2 N–H and O–H groups in total. The zero-order valence-electron chi connectivity index (χ0n) is 17.4. The second-order valence-corrected chi connectivity index (χ2v) is 8.17. The molecule has 31 heavy (non-hydrogen) atoms. The van der Waals surface area contributed by atoms with Crippen molar-refractivity contribution in [3.8, 4) is 5.69 Å². The van der Waals surface area contributed by atoms with E-state index in [0.717, 1.165) is 37.1 Å². The molecule has 4 rings (SSSR count). The number of nitrogens with zero attached hydrogens (tertiary/aromatic N) is 2. The van der Waals surface area contributed by atoms with Crippen LogP contribution in [0.5, 0.6) is 0 Å². The van der Waals surface area contributed by atoms with Crippen LogP contribution in [0.25, 0.3) is 16.6 Å². The fraction of sp³-hybridized carbons (Fsp3) is 0.304. The average Bonchev–Trinajstić information content (AvgIpc) is 2.67. The second kappa shape index (κ2) is 7.77. The van der Waals surface area contributed by atoms with Crippen LogP contribution in [0.4, 0.5) is 14.5 Å². The quantitative estimate of drug-likeness (QED) is 0.670. The van der Waals surface area contributed by atoms with Crippen LogP contribution < -0.4 is 15.6 Å². The number of aryl methyl sites for hydroxylation is 1. The maximum Gasteiger partial charge on any atom is 0.341 e. The number of hydrogen-bond acceptors (Lipinski definition) is 4. The lowest BCUT2D eigenvalue weighted by molar-refractivity contribution is 0.0695. The number of carbonyl (C=O) groups is 1. The fourth-order valence-electron chi connectivity index (χ4n) is 4.38. The van der Waals surface area contributed by atoms with Gasteiger partial charge in [-0.3, -0.25) is 4.79 Å². The van der Waals surface area contributed by atoms with Gasteiger partial charge in [0.15, 0.2) is 0 Å². The molecule has 1 aliphatic rings. The molecule has 2 atom stereocenters. The minimum atomic E-state index is -1.41. The normalized spacial score (nSPS) is 19.1. The van der Waals surface area contributed by atoms with Gasteiger partial charge in [0.1, 0.15) is 17.2 Å². The number of fused-ring (bicyclic) bond motifs is 1. The van der Waals surface area contributed by atoms with E-state index < -0.39 is 28.6 Å². The van der Waals surface area contributed by atoms with Crippen molar-refractivity contribution in [2.75, 3.05) is 18.0 Å². The molecule has 1 saturated heterocycles. The van der Waals surface area contributed by atoms with Gasteiger partial charge < -0.3 is 19.9 Å². The molecule has 0 radical (unpaired) electrons. The molecule has 8 heteroatoms. The number of aromatic nitrogens is 1. The van der Waals surface area contributed by atoms with E-state index in [1.807, 2.05) is 6.07 Å². The molecule has 2 unspecified atom stereocenters. The number of pyridine rings is 1. The number of rotatable bonds is 3. The van der Waals surface area contributed by atoms with E-state index in [2.05, 4.69) is 24.1 Å². The van der Waals surface area contributed by atoms with Crippen LogP contribution in [-0.4, -0.2) is 40.8 Å². The Balaban J connectivity index is 2.02. The molecule has 2 heterocycles. The van der Waals surface area contributed by atoms with Gasteiger partial charge in [0.2, 0.25) is 5.43 Å². The molecule has 2 aromatic carbocycles. The largest absolute Gasteiger partial charge is 0.477 e. The summed E-state index contributed by atoms with van der Waals surface area (Å²) in [6, 6.07) is 7.19. The lowest BCUT2D eigenvalue weighted by Crippen LogP contribution is -2.54. The Hall–Kier alpha value is -3.26. The van der Waals surface area contributed by atoms with Gasteiger partial charge in [-0.2, -0.15) is 0 Å². The minimum Gasteiger partial charge on any atom is -0.477 e. The summed E-state index contributed by atoms with van der Waals surface area (Å²) >= 11 is 0. The first-order valence-corrected chi connectivity index (χ1v) is 10.1. The predicted molar refractivity (Wildman–Crippen MR) is 115 cm³/mol. The Morgan fingerprint density at radius 3 is 2.42 bits per heavy atom. The van der Waals surface area contributed by atoms with Crippen molar-refractivity contribution in [3.05, 3.63) is 69.5 Å². The summed E-state index contributed by atoms with van der Waals surface area (Å²) in [5.74, 6) is -3.00. The van der Waals surface area contributed by atoms with E-state index in [0.29, 0.717) is 11.1 Å². The monoisotopic (exact) mass is 427 g/mol. The summed E-state index contributed by atoms with van der Waals surface area (Å²) in [5, 5.41) is 13.2. The first-order valence-electron chi connectivity index (χ1n) is 10.1. The van der Waals surface area contributed by atoms with Crippen LogP contribution in [0.3, 0.4) is 0 Å². The topological polar surface area (TPSA) is 74.6 Å². The number of aromatic carboxylic acids is 1. The number of carboxylic acids is 1. The smallest absolute Gasteiger partial charge is 0.341 e. The fourth-order valence-corrected chi connectivity index (χ4v) is 4.38. The van der Waals surface area contributed by atoms with Crippen molar-refractivity contribution >= 4 is 22.6 Å². The van der Waals surface area contributed by atoms with E-state index in [1.165, 1.54) is 10.6 Å². The van der Waals surface area contributed by atoms with E-state index in [9.17, 15) is 23.5 Å². The maximum absolute atomic E-state index is 14.7. The molecule has 0 saturated carbocycles. The number of piperazine rings is 1. The van der Waals surface area contributed by atoms with Crippen LogP contribution in [0.15, 0.2) is 41.3 Å². The van der Waals surface area contributed by atoms with Crippen molar-refractivity contribution in [2.45, 2.75) is 32.9 Å². The Bertz CT molecular complexity index is 1250. The van der Waals surface area contributed by atoms with Crippen molar-refractivity contribution in [2.24, 2.45) is 0 Å². The molecule has 0 aliphatic carbocycles.